The Kier molecular flexibility index (Phi) is 4.40. The van der Waals surface area contributed by atoms with Crippen molar-refractivity contribution in [1.82, 2.24) is 9.80 Å². The molecule has 0 aromatic rings. The molecule has 3 unspecified atom stereocenters. The summed E-state index contributed by atoms with van der Waals surface area (Å²) in [6.45, 7) is 11.4. The minimum Gasteiger partial charge on any atom is -0.327 e. The number of nitrogens with zero attached hydrogens (tertiary/aromatic N) is 2. The van der Waals surface area contributed by atoms with Gasteiger partial charge in [-0.1, -0.05) is 13.8 Å². The largest absolute Gasteiger partial charge is 0.327 e. The highest BCUT2D eigenvalue weighted by Crippen LogP contribution is 2.38. The van der Waals surface area contributed by atoms with E-state index in [-0.39, 0.29) is 0 Å². The molecule has 0 aromatic heterocycles. The average molecular weight is 279 g/mol. The Labute approximate surface area is 124 Å². The Bertz CT molecular complexity index is 322. The molecule has 2 N–H and O–H groups in total. The van der Waals surface area contributed by atoms with E-state index in [1.807, 2.05) is 0 Å². The minimum atomic E-state index is 0.439. The van der Waals surface area contributed by atoms with E-state index in [0.717, 1.165) is 12.0 Å². The Balaban J connectivity index is 1.50. The van der Waals surface area contributed by atoms with Gasteiger partial charge in [-0.05, 0) is 69.5 Å². The molecule has 0 bridgehead atoms. The van der Waals surface area contributed by atoms with Crippen molar-refractivity contribution in [3.63, 3.8) is 0 Å². The van der Waals surface area contributed by atoms with Crippen LogP contribution in [0.1, 0.15) is 52.4 Å². The van der Waals surface area contributed by atoms with Crippen LogP contribution < -0.4 is 5.73 Å². The summed E-state index contributed by atoms with van der Waals surface area (Å²) in [7, 11) is 0. The summed E-state index contributed by atoms with van der Waals surface area (Å²) in [6.07, 6.45) is 8.06. The number of hydrogen-bond acceptors (Lipinski definition) is 3. The van der Waals surface area contributed by atoms with E-state index in [0.29, 0.717) is 11.5 Å². The molecule has 116 valence electrons. The van der Waals surface area contributed by atoms with Crippen LogP contribution in [0.25, 0.3) is 0 Å². The van der Waals surface area contributed by atoms with Gasteiger partial charge in [-0.3, -0.25) is 4.90 Å². The average Bonchev–Trinajstić information content (AvgIpc) is 3.03. The van der Waals surface area contributed by atoms with Crippen LogP contribution in [0.2, 0.25) is 0 Å². The van der Waals surface area contributed by atoms with E-state index in [4.69, 9.17) is 5.73 Å². The number of nitrogens with two attached hydrogens (primary N) is 1. The summed E-state index contributed by atoms with van der Waals surface area (Å²) >= 11 is 0. The molecule has 3 nitrogen and oxygen atoms in total. The van der Waals surface area contributed by atoms with Gasteiger partial charge in [0.25, 0.3) is 0 Å². The highest BCUT2D eigenvalue weighted by molar-refractivity contribution is 4.91. The quantitative estimate of drug-likeness (QED) is 0.860. The van der Waals surface area contributed by atoms with Gasteiger partial charge < -0.3 is 10.6 Å². The van der Waals surface area contributed by atoms with Crippen LogP contribution in [-0.2, 0) is 0 Å². The maximum absolute atomic E-state index is 6.40. The van der Waals surface area contributed by atoms with Crippen LogP contribution in [0.4, 0.5) is 0 Å². The Hall–Kier alpha value is -0.120. The highest BCUT2D eigenvalue weighted by atomic mass is 15.3. The highest BCUT2D eigenvalue weighted by Gasteiger charge is 2.36. The first-order valence-corrected chi connectivity index (χ1v) is 8.75. The van der Waals surface area contributed by atoms with Gasteiger partial charge in [0.2, 0.25) is 0 Å². The van der Waals surface area contributed by atoms with Crippen LogP contribution in [-0.4, -0.2) is 54.6 Å². The van der Waals surface area contributed by atoms with Gasteiger partial charge in [0.15, 0.2) is 0 Å². The van der Waals surface area contributed by atoms with Gasteiger partial charge in [-0.15, -0.1) is 0 Å². The SMILES string of the molecule is CC1(C)CCC(N)C(CN2CCC(N3CCCC3)C2)C1. The van der Waals surface area contributed by atoms with Gasteiger partial charge in [0.05, 0.1) is 0 Å². The molecule has 0 aromatic carbocycles. The molecule has 0 spiro atoms. The third-order valence-corrected chi connectivity index (χ3v) is 5.97. The molecular formula is C17H33N3. The van der Waals surface area contributed by atoms with E-state index in [9.17, 15) is 0 Å². The lowest BCUT2D eigenvalue weighted by Gasteiger charge is -2.40. The van der Waals surface area contributed by atoms with Crippen molar-refractivity contribution in [1.29, 1.82) is 0 Å². The second-order valence-corrected chi connectivity index (χ2v) is 8.28. The second-order valence-electron chi connectivity index (χ2n) is 8.28. The summed E-state index contributed by atoms with van der Waals surface area (Å²) in [5.41, 5.74) is 6.91. The molecular weight excluding hydrogens is 246 g/mol. The van der Waals surface area contributed by atoms with Crippen molar-refractivity contribution in [3.05, 3.63) is 0 Å². The molecule has 0 amide bonds. The van der Waals surface area contributed by atoms with Gasteiger partial charge in [0.1, 0.15) is 0 Å². The van der Waals surface area contributed by atoms with E-state index in [2.05, 4.69) is 23.6 Å². The first kappa shape index (κ1) is 14.8. The molecule has 2 saturated heterocycles. The van der Waals surface area contributed by atoms with Crippen LogP contribution in [0.5, 0.6) is 0 Å². The van der Waals surface area contributed by atoms with E-state index in [1.54, 1.807) is 0 Å². The molecule has 0 radical (unpaired) electrons. The van der Waals surface area contributed by atoms with Gasteiger partial charge in [0, 0.05) is 25.2 Å². The molecule has 3 fully saturated rings. The van der Waals surface area contributed by atoms with Gasteiger partial charge >= 0.3 is 0 Å². The van der Waals surface area contributed by atoms with Crippen molar-refractivity contribution >= 4 is 0 Å². The van der Waals surface area contributed by atoms with Crippen LogP contribution in [0.15, 0.2) is 0 Å². The topological polar surface area (TPSA) is 32.5 Å². The zero-order valence-corrected chi connectivity index (χ0v) is 13.5. The van der Waals surface area contributed by atoms with E-state index in [1.165, 1.54) is 71.2 Å². The molecule has 20 heavy (non-hydrogen) atoms. The normalized spacial score (nSPS) is 39.5. The molecule has 3 rings (SSSR count). The summed E-state index contributed by atoms with van der Waals surface area (Å²) in [5.74, 6) is 0.719. The maximum atomic E-state index is 6.40. The van der Waals surface area contributed by atoms with Crippen molar-refractivity contribution in [2.45, 2.75) is 64.5 Å². The maximum Gasteiger partial charge on any atom is 0.0235 e. The lowest BCUT2D eigenvalue weighted by Crippen LogP contribution is -2.45. The second kappa shape index (κ2) is 5.94. The molecule has 2 aliphatic heterocycles. The summed E-state index contributed by atoms with van der Waals surface area (Å²) in [4.78, 5) is 5.43. The predicted molar refractivity (Wildman–Crippen MR) is 84.7 cm³/mol. The fraction of sp³-hybridized carbons (Fsp3) is 1.00. The summed E-state index contributed by atoms with van der Waals surface area (Å²) < 4.78 is 0. The fourth-order valence-electron chi connectivity index (χ4n) is 4.67. The summed E-state index contributed by atoms with van der Waals surface area (Å²) in [6, 6.07) is 1.28. The molecule has 1 aliphatic carbocycles. The van der Waals surface area contributed by atoms with E-state index >= 15 is 0 Å². The third-order valence-electron chi connectivity index (χ3n) is 5.97. The lowest BCUT2D eigenvalue weighted by molar-refractivity contribution is 0.120. The summed E-state index contributed by atoms with van der Waals surface area (Å²) in [5, 5.41) is 0. The monoisotopic (exact) mass is 279 g/mol. The first-order chi connectivity index (χ1) is 9.53. The number of likely N-dealkylation sites (tertiary alicyclic amines) is 2. The van der Waals surface area contributed by atoms with Crippen LogP contribution in [0, 0.1) is 11.3 Å². The lowest BCUT2D eigenvalue weighted by atomic mass is 9.70. The zero-order valence-electron chi connectivity index (χ0n) is 13.5. The molecule has 2 heterocycles. The number of hydrogen-bond donors (Lipinski definition) is 1. The molecule has 1 saturated carbocycles. The minimum absolute atomic E-state index is 0.439. The van der Waals surface area contributed by atoms with Crippen LogP contribution in [0.3, 0.4) is 0 Å². The third kappa shape index (κ3) is 3.37. The predicted octanol–water partition coefficient (Wildman–Crippen LogP) is 2.31. The Morgan fingerprint density at radius 2 is 1.85 bits per heavy atom. The zero-order chi connectivity index (χ0) is 14.2. The Morgan fingerprint density at radius 1 is 1.10 bits per heavy atom. The Morgan fingerprint density at radius 3 is 2.60 bits per heavy atom. The fourth-order valence-corrected chi connectivity index (χ4v) is 4.67. The number of rotatable bonds is 3. The van der Waals surface area contributed by atoms with E-state index < -0.39 is 0 Å². The van der Waals surface area contributed by atoms with Gasteiger partial charge in [-0.2, -0.15) is 0 Å². The molecule has 3 heteroatoms. The molecule has 3 aliphatic rings. The standard InChI is InChI=1S/C17H33N3/c1-17(2)7-5-16(18)14(11-17)12-19-10-6-15(13-19)20-8-3-4-9-20/h14-16H,3-13,18H2,1-2H3. The van der Waals surface area contributed by atoms with Gasteiger partial charge in [-0.25, -0.2) is 0 Å². The van der Waals surface area contributed by atoms with Crippen molar-refractivity contribution in [2.24, 2.45) is 17.1 Å². The van der Waals surface area contributed by atoms with Crippen molar-refractivity contribution < 1.29 is 0 Å². The molecule has 3 atom stereocenters. The smallest absolute Gasteiger partial charge is 0.0235 e. The first-order valence-electron chi connectivity index (χ1n) is 8.75. The van der Waals surface area contributed by atoms with Crippen molar-refractivity contribution in [3.8, 4) is 0 Å². The van der Waals surface area contributed by atoms with Crippen molar-refractivity contribution in [2.75, 3.05) is 32.7 Å². The van der Waals surface area contributed by atoms with Crippen LogP contribution >= 0.6 is 0 Å².